The lowest BCUT2D eigenvalue weighted by Gasteiger charge is -2.26. The van der Waals surface area contributed by atoms with Gasteiger partial charge < -0.3 is 15.8 Å². The molecule has 3 N–H and O–H groups in total. The van der Waals surface area contributed by atoms with E-state index in [0.717, 1.165) is 19.7 Å². The molecule has 0 saturated carbocycles. The van der Waals surface area contributed by atoms with Gasteiger partial charge in [-0.2, -0.15) is 0 Å². The SMILES string of the molecule is NC1COC2CNCCC12. The van der Waals surface area contributed by atoms with Crippen LogP contribution in [-0.4, -0.2) is 31.8 Å². The number of hydrogen-bond acceptors (Lipinski definition) is 3. The standard InChI is InChI=1S/C7H14N2O/c8-6-4-10-7-3-9-2-1-5(6)7/h5-7,9H,1-4,8H2. The molecule has 0 bridgehead atoms. The maximum absolute atomic E-state index is 5.84. The molecule has 3 atom stereocenters. The van der Waals surface area contributed by atoms with Gasteiger partial charge in [0.15, 0.2) is 0 Å². The van der Waals surface area contributed by atoms with E-state index in [9.17, 15) is 0 Å². The van der Waals surface area contributed by atoms with Crippen molar-refractivity contribution in [3.63, 3.8) is 0 Å². The number of nitrogens with two attached hydrogens (primary N) is 1. The zero-order valence-electron chi connectivity index (χ0n) is 6.05. The lowest BCUT2D eigenvalue weighted by molar-refractivity contribution is 0.0763. The van der Waals surface area contributed by atoms with E-state index in [2.05, 4.69) is 5.32 Å². The summed E-state index contributed by atoms with van der Waals surface area (Å²) in [5.41, 5.74) is 5.84. The van der Waals surface area contributed by atoms with Crippen molar-refractivity contribution in [1.29, 1.82) is 0 Å². The molecular weight excluding hydrogens is 128 g/mol. The Labute approximate surface area is 60.9 Å². The van der Waals surface area contributed by atoms with E-state index in [4.69, 9.17) is 10.5 Å². The molecular formula is C7H14N2O. The van der Waals surface area contributed by atoms with E-state index in [1.165, 1.54) is 6.42 Å². The van der Waals surface area contributed by atoms with Crippen molar-refractivity contribution in [2.75, 3.05) is 19.7 Å². The Balaban J connectivity index is 2.01. The first-order chi connectivity index (χ1) is 4.88. The van der Waals surface area contributed by atoms with Crippen LogP contribution in [0.15, 0.2) is 0 Å². The largest absolute Gasteiger partial charge is 0.375 e. The minimum Gasteiger partial charge on any atom is -0.375 e. The molecule has 0 radical (unpaired) electrons. The van der Waals surface area contributed by atoms with Gasteiger partial charge in [-0.25, -0.2) is 0 Å². The molecule has 2 aliphatic heterocycles. The van der Waals surface area contributed by atoms with Crippen LogP contribution in [0, 0.1) is 5.92 Å². The summed E-state index contributed by atoms with van der Waals surface area (Å²) in [4.78, 5) is 0. The van der Waals surface area contributed by atoms with E-state index in [-0.39, 0.29) is 0 Å². The Morgan fingerprint density at radius 1 is 1.50 bits per heavy atom. The molecule has 0 aromatic rings. The van der Waals surface area contributed by atoms with Crippen molar-refractivity contribution >= 4 is 0 Å². The fraction of sp³-hybridized carbons (Fsp3) is 1.00. The van der Waals surface area contributed by atoms with Gasteiger partial charge in [-0.3, -0.25) is 0 Å². The minimum absolute atomic E-state index is 0.298. The maximum atomic E-state index is 5.84. The number of ether oxygens (including phenoxy) is 1. The summed E-state index contributed by atoms with van der Waals surface area (Å²) in [7, 11) is 0. The summed E-state index contributed by atoms with van der Waals surface area (Å²) in [6.45, 7) is 2.87. The van der Waals surface area contributed by atoms with Crippen molar-refractivity contribution < 1.29 is 4.74 Å². The van der Waals surface area contributed by atoms with Crippen molar-refractivity contribution in [2.24, 2.45) is 11.7 Å². The highest BCUT2D eigenvalue weighted by molar-refractivity contribution is 4.90. The fourth-order valence-electron chi connectivity index (χ4n) is 1.88. The van der Waals surface area contributed by atoms with Crippen LogP contribution in [0.2, 0.25) is 0 Å². The smallest absolute Gasteiger partial charge is 0.0744 e. The molecule has 10 heavy (non-hydrogen) atoms. The molecule has 0 amide bonds. The second-order valence-corrected chi connectivity index (χ2v) is 3.19. The molecule has 3 nitrogen and oxygen atoms in total. The normalized spacial score (nSPS) is 47.1. The molecule has 0 spiro atoms. The van der Waals surface area contributed by atoms with Gasteiger partial charge in [0.1, 0.15) is 0 Å². The summed E-state index contributed by atoms with van der Waals surface area (Å²) in [5, 5.41) is 3.30. The second-order valence-electron chi connectivity index (χ2n) is 3.19. The highest BCUT2D eigenvalue weighted by Crippen LogP contribution is 2.24. The average molecular weight is 142 g/mol. The predicted molar refractivity (Wildman–Crippen MR) is 38.7 cm³/mol. The summed E-state index contributed by atoms with van der Waals surface area (Å²) in [5.74, 6) is 0.626. The molecule has 0 aromatic carbocycles. The van der Waals surface area contributed by atoms with E-state index in [1.54, 1.807) is 0 Å². The van der Waals surface area contributed by atoms with Crippen molar-refractivity contribution in [1.82, 2.24) is 5.32 Å². The van der Waals surface area contributed by atoms with E-state index in [0.29, 0.717) is 18.1 Å². The van der Waals surface area contributed by atoms with Gasteiger partial charge in [-0.1, -0.05) is 0 Å². The molecule has 2 saturated heterocycles. The third-order valence-electron chi connectivity index (χ3n) is 2.53. The Morgan fingerprint density at radius 3 is 3.20 bits per heavy atom. The van der Waals surface area contributed by atoms with Crippen LogP contribution in [-0.2, 0) is 4.74 Å². The Kier molecular flexibility index (Phi) is 1.64. The summed E-state index contributed by atoms with van der Waals surface area (Å²) >= 11 is 0. The van der Waals surface area contributed by atoms with Crippen LogP contribution in [0.3, 0.4) is 0 Å². The highest BCUT2D eigenvalue weighted by atomic mass is 16.5. The van der Waals surface area contributed by atoms with Crippen LogP contribution < -0.4 is 11.1 Å². The third kappa shape index (κ3) is 0.944. The molecule has 2 heterocycles. The monoisotopic (exact) mass is 142 g/mol. The predicted octanol–water partition coefficient (Wildman–Crippen LogP) is -0.678. The first kappa shape index (κ1) is 6.58. The van der Waals surface area contributed by atoms with Crippen LogP contribution in [0.1, 0.15) is 6.42 Å². The number of fused-ring (bicyclic) bond motifs is 1. The van der Waals surface area contributed by atoms with E-state index in [1.807, 2.05) is 0 Å². The molecule has 0 aromatic heterocycles. The van der Waals surface area contributed by atoms with Crippen LogP contribution in [0.25, 0.3) is 0 Å². The van der Waals surface area contributed by atoms with Gasteiger partial charge >= 0.3 is 0 Å². The molecule has 3 unspecified atom stereocenters. The highest BCUT2D eigenvalue weighted by Gasteiger charge is 2.36. The van der Waals surface area contributed by atoms with Gasteiger partial charge in [0.05, 0.1) is 12.7 Å². The van der Waals surface area contributed by atoms with Crippen LogP contribution in [0.5, 0.6) is 0 Å². The molecule has 3 heteroatoms. The maximum Gasteiger partial charge on any atom is 0.0744 e. The summed E-state index contributed by atoms with van der Waals surface area (Å²) in [6, 6.07) is 0.298. The van der Waals surface area contributed by atoms with Gasteiger partial charge in [0, 0.05) is 18.5 Å². The first-order valence-corrected chi connectivity index (χ1v) is 3.96. The van der Waals surface area contributed by atoms with Crippen molar-refractivity contribution in [3.05, 3.63) is 0 Å². The second kappa shape index (κ2) is 2.49. The summed E-state index contributed by atoms with van der Waals surface area (Å²) in [6.07, 6.45) is 1.59. The zero-order valence-corrected chi connectivity index (χ0v) is 6.05. The van der Waals surface area contributed by atoms with E-state index >= 15 is 0 Å². The third-order valence-corrected chi connectivity index (χ3v) is 2.53. The minimum atomic E-state index is 0.298. The molecule has 0 aliphatic carbocycles. The number of piperidine rings is 1. The quantitative estimate of drug-likeness (QED) is 0.471. The van der Waals surface area contributed by atoms with Crippen LogP contribution >= 0.6 is 0 Å². The number of rotatable bonds is 0. The van der Waals surface area contributed by atoms with Gasteiger partial charge in [0.2, 0.25) is 0 Å². The molecule has 2 aliphatic rings. The summed E-state index contributed by atoms with van der Waals surface area (Å²) < 4.78 is 5.48. The molecule has 2 fully saturated rings. The zero-order chi connectivity index (χ0) is 6.97. The van der Waals surface area contributed by atoms with Crippen molar-refractivity contribution in [2.45, 2.75) is 18.6 Å². The van der Waals surface area contributed by atoms with E-state index < -0.39 is 0 Å². The Morgan fingerprint density at radius 2 is 2.40 bits per heavy atom. The Hall–Kier alpha value is -0.120. The van der Waals surface area contributed by atoms with Gasteiger partial charge in [-0.15, -0.1) is 0 Å². The number of hydrogen-bond donors (Lipinski definition) is 2. The topological polar surface area (TPSA) is 47.3 Å². The Bertz CT molecular complexity index is 127. The van der Waals surface area contributed by atoms with Crippen molar-refractivity contribution in [3.8, 4) is 0 Å². The number of nitrogens with one attached hydrogen (secondary N) is 1. The molecule has 2 rings (SSSR count). The fourth-order valence-corrected chi connectivity index (χ4v) is 1.88. The van der Waals surface area contributed by atoms with Gasteiger partial charge in [-0.05, 0) is 13.0 Å². The average Bonchev–Trinajstić information content (AvgIpc) is 2.34. The lowest BCUT2D eigenvalue weighted by Crippen LogP contribution is -2.43. The lowest BCUT2D eigenvalue weighted by atomic mass is 9.91. The van der Waals surface area contributed by atoms with Gasteiger partial charge in [0.25, 0.3) is 0 Å². The van der Waals surface area contributed by atoms with Crippen LogP contribution in [0.4, 0.5) is 0 Å². The molecule has 58 valence electrons. The first-order valence-electron chi connectivity index (χ1n) is 3.96.